The molecule has 2 rings (SSSR count). The molecule has 1 aromatic heterocycles. The molecule has 1 aromatic rings. The zero-order chi connectivity index (χ0) is 13.7. The molecule has 0 bridgehead atoms. The molecule has 0 atom stereocenters. The second-order valence-corrected chi connectivity index (χ2v) is 6.59. The van der Waals surface area contributed by atoms with Gasteiger partial charge in [-0.3, -0.25) is 4.90 Å². The Morgan fingerprint density at radius 2 is 2.16 bits per heavy atom. The summed E-state index contributed by atoms with van der Waals surface area (Å²) in [7, 11) is 0. The highest BCUT2D eigenvalue weighted by Gasteiger charge is 2.29. The summed E-state index contributed by atoms with van der Waals surface area (Å²) >= 11 is 0. The first-order chi connectivity index (χ1) is 9.11. The molecule has 1 fully saturated rings. The van der Waals surface area contributed by atoms with Gasteiger partial charge in [0.1, 0.15) is 5.76 Å². The SMILES string of the molecule is CC(C)(CCN)CCCN(Cc1ccco1)C1CC1. The second-order valence-electron chi connectivity index (χ2n) is 6.59. The van der Waals surface area contributed by atoms with Gasteiger partial charge in [0.15, 0.2) is 0 Å². The van der Waals surface area contributed by atoms with E-state index >= 15 is 0 Å². The van der Waals surface area contributed by atoms with Crippen molar-refractivity contribution >= 4 is 0 Å². The van der Waals surface area contributed by atoms with Crippen molar-refractivity contribution in [2.24, 2.45) is 11.1 Å². The molecule has 108 valence electrons. The largest absolute Gasteiger partial charge is 0.468 e. The van der Waals surface area contributed by atoms with Gasteiger partial charge in [0, 0.05) is 6.04 Å². The Balaban J connectivity index is 1.75. The van der Waals surface area contributed by atoms with E-state index in [-0.39, 0.29) is 0 Å². The maximum atomic E-state index is 5.67. The molecule has 19 heavy (non-hydrogen) atoms. The third-order valence-corrected chi connectivity index (χ3v) is 4.12. The van der Waals surface area contributed by atoms with Crippen LogP contribution in [0.15, 0.2) is 22.8 Å². The molecule has 3 heteroatoms. The van der Waals surface area contributed by atoms with Crippen molar-refractivity contribution in [2.75, 3.05) is 13.1 Å². The maximum Gasteiger partial charge on any atom is 0.117 e. The van der Waals surface area contributed by atoms with Crippen molar-refractivity contribution in [3.05, 3.63) is 24.2 Å². The lowest BCUT2D eigenvalue weighted by Gasteiger charge is -2.26. The van der Waals surface area contributed by atoms with E-state index in [1.165, 1.54) is 32.2 Å². The first-order valence-electron chi connectivity index (χ1n) is 7.57. The van der Waals surface area contributed by atoms with Gasteiger partial charge >= 0.3 is 0 Å². The van der Waals surface area contributed by atoms with Gasteiger partial charge in [-0.25, -0.2) is 0 Å². The summed E-state index contributed by atoms with van der Waals surface area (Å²) in [5, 5.41) is 0. The summed E-state index contributed by atoms with van der Waals surface area (Å²) in [5.74, 6) is 1.09. The van der Waals surface area contributed by atoms with Crippen LogP contribution in [0.1, 0.15) is 51.7 Å². The Bertz CT molecular complexity index is 355. The lowest BCUT2D eigenvalue weighted by molar-refractivity contribution is 0.208. The molecule has 3 nitrogen and oxygen atoms in total. The van der Waals surface area contributed by atoms with Gasteiger partial charge < -0.3 is 10.2 Å². The Morgan fingerprint density at radius 1 is 1.37 bits per heavy atom. The van der Waals surface area contributed by atoms with Crippen LogP contribution in [-0.2, 0) is 6.54 Å². The predicted octanol–water partition coefficient (Wildman–Crippen LogP) is 3.40. The Hall–Kier alpha value is -0.800. The lowest BCUT2D eigenvalue weighted by Crippen LogP contribution is -2.28. The number of nitrogens with two attached hydrogens (primary N) is 1. The fraction of sp³-hybridized carbons (Fsp3) is 0.750. The fourth-order valence-electron chi connectivity index (χ4n) is 2.71. The number of hydrogen-bond acceptors (Lipinski definition) is 3. The molecule has 1 aliphatic rings. The number of nitrogens with zero attached hydrogens (tertiary/aromatic N) is 1. The average molecular weight is 264 g/mol. The minimum Gasteiger partial charge on any atom is -0.468 e. The molecule has 0 amide bonds. The van der Waals surface area contributed by atoms with E-state index in [1.54, 1.807) is 6.26 Å². The zero-order valence-electron chi connectivity index (χ0n) is 12.4. The van der Waals surface area contributed by atoms with Crippen LogP contribution in [-0.4, -0.2) is 24.0 Å². The Kier molecular flexibility index (Phi) is 5.06. The number of furan rings is 1. The lowest BCUT2D eigenvalue weighted by atomic mass is 9.84. The zero-order valence-corrected chi connectivity index (χ0v) is 12.4. The van der Waals surface area contributed by atoms with E-state index < -0.39 is 0 Å². The van der Waals surface area contributed by atoms with Crippen LogP contribution >= 0.6 is 0 Å². The Morgan fingerprint density at radius 3 is 2.74 bits per heavy atom. The summed E-state index contributed by atoms with van der Waals surface area (Å²) < 4.78 is 5.47. The molecular weight excluding hydrogens is 236 g/mol. The van der Waals surface area contributed by atoms with E-state index in [4.69, 9.17) is 10.2 Å². The van der Waals surface area contributed by atoms with Gasteiger partial charge in [0.2, 0.25) is 0 Å². The summed E-state index contributed by atoms with van der Waals surface area (Å²) in [6, 6.07) is 4.85. The number of hydrogen-bond donors (Lipinski definition) is 1. The van der Waals surface area contributed by atoms with Crippen molar-refractivity contribution in [2.45, 2.75) is 58.5 Å². The molecule has 1 saturated carbocycles. The third-order valence-electron chi connectivity index (χ3n) is 4.12. The van der Waals surface area contributed by atoms with Crippen molar-refractivity contribution in [1.82, 2.24) is 4.90 Å². The molecule has 0 spiro atoms. The van der Waals surface area contributed by atoms with Gasteiger partial charge in [-0.2, -0.15) is 0 Å². The Labute approximate surface area is 117 Å². The summed E-state index contributed by atoms with van der Waals surface area (Å²) in [4.78, 5) is 2.58. The molecule has 2 N–H and O–H groups in total. The molecular formula is C16H28N2O. The van der Waals surface area contributed by atoms with Crippen LogP contribution in [0, 0.1) is 5.41 Å². The monoisotopic (exact) mass is 264 g/mol. The van der Waals surface area contributed by atoms with Gasteiger partial charge in [0.25, 0.3) is 0 Å². The molecule has 0 radical (unpaired) electrons. The third kappa shape index (κ3) is 5.00. The maximum absolute atomic E-state index is 5.67. The molecule has 0 saturated heterocycles. The molecule has 1 aliphatic carbocycles. The van der Waals surface area contributed by atoms with Gasteiger partial charge in [-0.05, 0) is 62.7 Å². The highest BCUT2D eigenvalue weighted by Crippen LogP contribution is 2.31. The fourth-order valence-corrected chi connectivity index (χ4v) is 2.71. The standard InChI is InChI=1S/C16H28N2O/c1-16(2,9-10-17)8-4-11-18(14-6-7-14)13-15-5-3-12-19-15/h3,5,12,14H,4,6-11,13,17H2,1-2H3. The minimum atomic E-state index is 0.384. The quantitative estimate of drug-likeness (QED) is 0.743. The van der Waals surface area contributed by atoms with Crippen LogP contribution in [0.4, 0.5) is 0 Å². The van der Waals surface area contributed by atoms with Crippen LogP contribution < -0.4 is 5.73 Å². The molecule has 1 heterocycles. The summed E-state index contributed by atoms with van der Waals surface area (Å²) in [6.07, 6.45) is 8.11. The van der Waals surface area contributed by atoms with Crippen LogP contribution in [0.2, 0.25) is 0 Å². The highest BCUT2D eigenvalue weighted by atomic mass is 16.3. The van der Waals surface area contributed by atoms with E-state index in [0.29, 0.717) is 5.41 Å². The van der Waals surface area contributed by atoms with Crippen molar-refractivity contribution < 1.29 is 4.42 Å². The van der Waals surface area contributed by atoms with Crippen LogP contribution in [0.3, 0.4) is 0 Å². The predicted molar refractivity (Wildman–Crippen MR) is 78.8 cm³/mol. The van der Waals surface area contributed by atoms with Gasteiger partial charge in [-0.15, -0.1) is 0 Å². The molecule has 0 unspecified atom stereocenters. The topological polar surface area (TPSA) is 42.4 Å². The summed E-state index contributed by atoms with van der Waals surface area (Å²) in [6.45, 7) is 7.60. The van der Waals surface area contributed by atoms with Gasteiger partial charge in [0.05, 0.1) is 12.8 Å². The van der Waals surface area contributed by atoms with E-state index in [1.807, 2.05) is 6.07 Å². The first kappa shape index (κ1) is 14.6. The van der Waals surface area contributed by atoms with Crippen molar-refractivity contribution in [1.29, 1.82) is 0 Å². The first-order valence-corrected chi connectivity index (χ1v) is 7.57. The van der Waals surface area contributed by atoms with E-state index in [9.17, 15) is 0 Å². The van der Waals surface area contributed by atoms with E-state index in [0.717, 1.165) is 31.3 Å². The summed E-state index contributed by atoms with van der Waals surface area (Å²) in [5.41, 5.74) is 6.06. The highest BCUT2D eigenvalue weighted by molar-refractivity contribution is 4.99. The number of rotatable bonds is 9. The van der Waals surface area contributed by atoms with Crippen molar-refractivity contribution in [3.8, 4) is 0 Å². The normalized spacial score (nSPS) is 16.2. The smallest absolute Gasteiger partial charge is 0.117 e. The average Bonchev–Trinajstić information content (AvgIpc) is 3.06. The van der Waals surface area contributed by atoms with Gasteiger partial charge in [-0.1, -0.05) is 13.8 Å². The molecule has 0 aliphatic heterocycles. The van der Waals surface area contributed by atoms with Crippen LogP contribution in [0.25, 0.3) is 0 Å². The molecule has 0 aromatic carbocycles. The second kappa shape index (κ2) is 6.58. The van der Waals surface area contributed by atoms with Crippen molar-refractivity contribution in [3.63, 3.8) is 0 Å². The van der Waals surface area contributed by atoms with E-state index in [2.05, 4.69) is 24.8 Å². The minimum absolute atomic E-state index is 0.384. The van der Waals surface area contributed by atoms with Crippen LogP contribution in [0.5, 0.6) is 0 Å².